The Kier molecular flexibility index (Phi) is 7.16. The van der Waals surface area contributed by atoms with Gasteiger partial charge in [0.15, 0.2) is 5.79 Å². The van der Waals surface area contributed by atoms with E-state index >= 15 is 0 Å². The average Bonchev–Trinajstić information content (AvgIpc) is 3.49. The molecule has 2 heterocycles. The van der Waals surface area contributed by atoms with Crippen LogP contribution in [0.3, 0.4) is 0 Å². The number of hydrogen-bond acceptors (Lipinski definition) is 7. The van der Waals surface area contributed by atoms with Gasteiger partial charge in [-0.15, -0.1) is 0 Å². The minimum Gasteiger partial charge on any atom is -0.469 e. The van der Waals surface area contributed by atoms with Crippen LogP contribution in [0.2, 0.25) is 0 Å². The van der Waals surface area contributed by atoms with E-state index in [2.05, 4.69) is 57.2 Å². The Labute approximate surface area is 280 Å². The van der Waals surface area contributed by atoms with Gasteiger partial charge >= 0.3 is 5.97 Å². The van der Waals surface area contributed by atoms with Crippen LogP contribution in [0.15, 0.2) is 42.0 Å². The molecule has 0 aromatic heterocycles. The summed E-state index contributed by atoms with van der Waals surface area (Å²) in [5, 5.41) is 23.3. The monoisotopic (exact) mass is 648 g/mol. The van der Waals surface area contributed by atoms with Gasteiger partial charge in [0, 0.05) is 30.8 Å². The average molecular weight is 649 g/mol. The molecular formula is C40H56O7. The van der Waals surface area contributed by atoms with E-state index in [0.29, 0.717) is 31.3 Å². The first-order chi connectivity index (χ1) is 22.2. The van der Waals surface area contributed by atoms with E-state index < -0.39 is 17.5 Å². The molecule has 13 atom stereocenters. The molecule has 8 rings (SSSR count). The Morgan fingerprint density at radius 1 is 1.02 bits per heavy atom. The molecule has 5 aliphatic carbocycles. The second-order valence-electron chi connectivity index (χ2n) is 17.9. The quantitative estimate of drug-likeness (QED) is 0.260. The van der Waals surface area contributed by atoms with E-state index in [1.165, 1.54) is 18.2 Å². The van der Waals surface area contributed by atoms with Gasteiger partial charge in [0.2, 0.25) is 0 Å². The third kappa shape index (κ3) is 4.19. The number of fused-ring (bicyclic) bond motifs is 5. The topological polar surface area (TPSA) is 94.5 Å². The molecule has 4 saturated carbocycles. The van der Waals surface area contributed by atoms with Crippen molar-refractivity contribution in [3.05, 3.63) is 47.5 Å². The van der Waals surface area contributed by atoms with Crippen LogP contribution in [-0.2, 0) is 23.7 Å². The van der Waals surface area contributed by atoms with Gasteiger partial charge in [0.05, 0.1) is 44.1 Å². The zero-order chi connectivity index (χ0) is 33.3. The van der Waals surface area contributed by atoms with Gasteiger partial charge in [-0.25, -0.2) is 0 Å². The van der Waals surface area contributed by atoms with E-state index in [0.717, 1.165) is 51.4 Å². The fraction of sp³-hybridized carbons (Fsp3) is 0.775. The SMILES string of the molecule is COC(=O)C(CC1(OC)CC(C)(O)CO1)C1CCC23CC12CCC1C2(C)CC=C4CC(c5ccccc5)OCC4(C)C2CC(O)C13C. The molecule has 1 aromatic carbocycles. The number of benzene rings is 1. The Morgan fingerprint density at radius 3 is 2.47 bits per heavy atom. The minimum atomic E-state index is -1.01. The van der Waals surface area contributed by atoms with Crippen LogP contribution in [0.5, 0.6) is 0 Å². The molecule has 258 valence electrons. The van der Waals surface area contributed by atoms with E-state index in [-0.39, 0.29) is 57.6 Å². The number of aliphatic hydroxyl groups excluding tert-OH is 1. The summed E-state index contributed by atoms with van der Waals surface area (Å²) in [7, 11) is 3.11. The highest BCUT2D eigenvalue weighted by Crippen LogP contribution is 2.91. The lowest BCUT2D eigenvalue weighted by molar-refractivity contribution is -0.227. The second-order valence-corrected chi connectivity index (χ2v) is 17.9. The number of rotatable bonds is 6. The van der Waals surface area contributed by atoms with E-state index in [1.807, 2.05) is 0 Å². The van der Waals surface area contributed by atoms with Crippen LogP contribution in [0.25, 0.3) is 0 Å². The Bertz CT molecular complexity index is 1460. The number of carbonyl (C=O) groups excluding carboxylic acids is 1. The third-order valence-corrected chi connectivity index (χ3v) is 16.1. The maximum Gasteiger partial charge on any atom is 0.309 e. The molecule has 0 spiro atoms. The van der Waals surface area contributed by atoms with Gasteiger partial charge in [-0.2, -0.15) is 0 Å². The molecule has 7 nitrogen and oxygen atoms in total. The third-order valence-electron chi connectivity index (χ3n) is 16.1. The lowest BCUT2D eigenvalue weighted by Gasteiger charge is -2.68. The maximum atomic E-state index is 13.6. The van der Waals surface area contributed by atoms with Gasteiger partial charge in [-0.1, -0.05) is 62.8 Å². The Morgan fingerprint density at radius 2 is 1.79 bits per heavy atom. The molecule has 0 amide bonds. The van der Waals surface area contributed by atoms with Gasteiger partial charge in [-0.3, -0.25) is 4.79 Å². The zero-order valence-corrected chi connectivity index (χ0v) is 29.3. The fourth-order valence-electron chi connectivity index (χ4n) is 13.9. The second kappa shape index (κ2) is 10.4. The minimum absolute atomic E-state index is 0.00770. The standard InChI is InChI=1S/C40H56O7/c1-34(43)21-40(45-6,47-23-34)20-27(33(42)44-5)28-13-17-39-22-38(28,39)16-14-30-35(2)15-12-26-18-29(25-10-8-7-9-11-25)46-24-36(26,3)31(35)19-32(41)37(30,39)4/h7-12,27-32,41,43H,13-24H2,1-6H3. The highest BCUT2D eigenvalue weighted by Gasteiger charge is 2.86. The van der Waals surface area contributed by atoms with Gasteiger partial charge in [0.25, 0.3) is 0 Å². The molecule has 13 unspecified atom stereocenters. The summed E-state index contributed by atoms with van der Waals surface area (Å²) in [5.74, 6) is -0.687. The molecule has 7 aliphatic rings. The van der Waals surface area contributed by atoms with E-state index in [1.54, 1.807) is 14.0 Å². The van der Waals surface area contributed by atoms with Crippen molar-refractivity contribution in [3.63, 3.8) is 0 Å². The number of ether oxygens (including phenoxy) is 4. The molecule has 1 aromatic rings. The molecule has 2 aliphatic heterocycles. The van der Waals surface area contributed by atoms with Gasteiger partial charge in [-0.05, 0) is 97.9 Å². The number of aliphatic hydroxyl groups is 2. The number of hydrogen-bond donors (Lipinski definition) is 2. The van der Waals surface area contributed by atoms with E-state index in [9.17, 15) is 15.0 Å². The summed E-state index contributed by atoms with van der Waals surface area (Å²) in [6.45, 7) is 10.0. The lowest BCUT2D eigenvalue weighted by atomic mass is 9.37. The number of esters is 1. The summed E-state index contributed by atoms with van der Waals surface area (Å²) < 4.78 is 24.2. The van der Waals surface area contributed by atoms with Crippen molar-refractivity contribution >= 4 is 5.97 Å². The number of allylic oxidation sites excluding steroid dienone is 1. The molecule has 47 heavy (non-hydrogen) atoms. The van der Waals surface area contributed by atoms with Crippen molar-refractivity contribution in [1.29, 1.82) is 0 Å². The number of carbonyl (C=O) groups is 1. The molecule has 7 heteroatoms. The predicted molar refractivity (Wildman–Crippen MR) is 177 cm³/mol. The molecule has 0 bridgehead atoms. The van der Waals surface area contributed by atoms with Gasteiger partial charge in [0.1, 0.15) is 0 Å². The molecular weight excluding hydrogens is 592 g/mol. The van der Waals surface area contributed by atoms with Crippen molar-refractivity contribution in [1.82, 2.24) is 0 Å². The molecule has 2 N–H and O–H groups in total. The number of methoxy groups -OCH3 is 2. The smallest absolute Gasteiger partial charge is 0.309 e. The van der Waals surface area contributed by atoms with Crippen LogP contribution in [-0.4, -0.2) is 61.1 Å². The first-order valence-electron chi connectivity index (χ1n) is 18.3. The van der Waals surface area contributed by atoms with Crippen LogP contribution in [0.4, 0.5) is 0 Å². The Balaban J connectivity index is 1.09. The van der Waals surface area contributed by atoms with E-state index in [4.69, 9.17) is 18.9 Å². The zero-order valence-electron chi connectivity index (χ0n) is 29.3. The van der Waals surface area contributed by atoms with Crippen molar-refractivity contribution in [2.24, 2.45) is 50.7 Å². The van der Waals surface area contributed by atoms with Crippen LogP contribution < -0.4 is 0 Å². The lowest BCUT2D eigenvalue weighted by Crippen LogP contribution is -2.65. The summed E-state index contributed by atoms with van der Waals surface area (Å²) in [4.78, 5) is 13.6. The molecule has 6 fully saturated rings. The van der Waals surface area contributed by atoms with Crippen molar-refractivity contribution in [2.45, 2.75) is 115 Å². The summed E-state index contributed by atoms with van der Waals surface area (Å²) in [6, 6.07) is 10.6. The van der Waals surface area contributed by atoms with Crippen LogP contribution in [0, 0.1) is 50.7 Å². The van der Waals surface area contributed by atoms with Crippen molar-refractivity contribution in [2.75, 3.05) is 27.4 Å². The largest absolute Gasteiger partial charge is 0.469 e. The maximum absolute atomic E-state index is 13.6. The Hall–Kier alpha value is -1.77. The first-order valence-corrected chi connectivity index (χ1v) is 18.3. The van der Waals surface area contributed by atoms with Crippen molar-refractivity contribution in [3.8, 4) is 0 Å². The van der Waals surface area contributed by atoms with Gasteiger partial charge < -0.3 is 29.2 Å². The summed E-state index contributed by atoms with van der Waals surface area (Å²) >= 11 is 0. The van der Waals surface area contributed by atoms with Crippen LogP contribution in [0.1, 0.15) is 104 Å². The molecule has 0 radical (unpaired) electrons. The first kappa shape index (κ1) is 32.4. The predicted octanol–water partition coefficient (Wildman–Crippen LogP) is 6.77. The van der Waals surface area contributed by atoms with Crippen molar-refractivity contribution < 1.29 is 34.0 Å². The highest BCUT2D eigenvalue weighted by atomic mass is 16.7. The normalized spacial score (nSPS) is 51.8. The summed E-state index contributed by atoms with van der Waals surface area (Å²) in [6.07, 6.45) is 11.0. The van der Waals surface area contributed by atoms with Crippen LogP contribution >= 0.6 is 0 Å². The fourth-order valence-corrected chi connectivity index (χ4v) is 13.9. The summed E-state index contributed by atoms with van der Waals surface area (Å²) in [5.41, 5.74) is 1.57. The highest BCUT2D eigenvalue weighted by molar-refractivity contribution is 5.73. The molecule has 2 saturated heterocycles.